The number of ether oxygens (including phenoxy) is 1. The highest BCUT2D eigenvalue weighted by atomic mass is 16.5. The van der Waals surface area contributed by atoms with E-state index in [1.165, 1.54) is 31.3 Å². The van der Waals surface area contributed by atoms with Crippen LogP contribution in [0, 0.1) is 0 Å². The summed E-state index contributed by atoms with van der Waals surface area (Å²) in [6.07, 6.45) is 13.9. The second-order valence-corrected chi connectivity index (χ2v) is 5.31. The van der Waals surface area contributed by atoms with Crippen molar-refractivity contribution < 1.29 is 9.53 Å². The van der Waals surface area contributed by atoms with Gasteiger partial charge < -0.3 is 10.1 Å². The van der Waals surface area contributed by atoms with E-state index in [1.54, 1.807) is 7.11 Å². The number of hydrogen-bond acceptors (Lipinski definition) is 3. The maximum Gasteiger partial charge on any atom is 0.151 e. The zero-order valence-electron chi connectivity index (χ0n) is 15.3. The van der Waals surface area contributed by atoms with E-state index < -0.39 is 0 Å². The second kappa shape index (κ2) is 13.9. The Morgan fingerprint density at radius 2 is 2.04 bits per heavy atom. The fourth-order valence-electron chi connectivity index (χ4n) is 2.33. The molecule has 0 amide bonds. The number of allylic oxidation sites excluding steroid dienone is 4. The van der Waals surface area contributed by atoms with E-state index in [2.05, 4.69) is 31.0 Å². The average Bonchev–Trinajstić information content (AvgIpc) is 2.58. The molecule has 0 aromatic carbocycles. The molecule has 1 aliphatic rings. The molecule has 1 aliphatic heterocycles. The Morgan fingerprint density at radius 3 is 2.65 bits per heavy atom. The van der Waals surface area contributed by atoms with Gasteiger partial charge in [-0.15, -0.1) is 0 Å². The lowest BCUT2D eigenvalue weighted by Crippen LogP contribution is -2.17. The topological polar surface area (TPSA) is 38.3 Å². The molecular formula is C20H33NO2. The number of rotatable bonds is 7. The van der Waals surface area contributed by atoms with E-state index in [1.807, 2.05) is 19.9 Å². The number of methoxy groups -OCH3 is 1. The molecule has 0 bridgehead atoms. The number of carbonyl (C=O) groups is 1. The zero-order valence-corrected chi connectivity index (χ0v) is 15.3. The van der Waals surface area contributed by atoms with Crippen LogP contribution in [0.5, 0.6) is 0 Å². The maximum absolute atomic E-state index is 11.1. The molecule has 1 heterocycles. The summed E-state index contributed by atoms with van der Waals surface area (Å²) in [6.45, 7) is 10.7. The van der Waals surface area contributed by atoms with Gasteiger partial charge in [0.25, 0.3) is 0 Å². The molecule has 1 N–H and O–H groups in total. The summed E-state index contributed by atoms with van der Waals surface area (Å²) in [7, 11) is 1.59. The summed E-state index contributed by atoms with van der Waals surface area (Å²) in [6, 6.07) is 0. The number of unbranched alkanes of at least 4 members (excludes halogenated alkanes) is 3. The highest BCUT2D eigenvalue weighted by Crippen LogP contribution is 2.18. The summed E-state index contributed by atoms with van der Waals surface area (Å²) in [5.74, 6) is 0.623. The zero-order chi connectivity index (χ0) is 17.5. The minimum atomic E-state index is 0.440. The Morgan fingerprint density at radius 1 is 1.30 bits per heavy atom. The minimum Gasteiger partial charge on any atom is -0.496 e. The molecular weight excluding hydrogens is 286 g/mol. The van der Waals surface area contributed by atoms with Gasteiger partial charge in [-0.05, 0) is 31.4 Å². The first kappa shape index (κ1) is 21.2. The summed E-state index contributed by atoms with van der Waals surface area (Å²) >= 11 is 0. The van der Waals surface area contributed by atoms with Gasteiger partial charge in [0.2, 0.25) is 0 Å². The Kier molecular flexibility index (Phi) is 12.8. The van der Waals surface area contributed by atoms with Gasteiger partial charge in [-0.3, -0.25) is 4.79 Å². The van der Waals surface area contributed by atoms with Crippen LogP contribution in [0.2, 0.25) is 0 Å². The Balaban J connectivity index is 0.00000232. The molecule has 0 unspecified atom stereocenters. The van der Waals surface area contributed by atoms with Gasteiger partial charge in [-0.25, -0.2) is 0 Å². The number of nitrogens with one attached hydrogen (secondary N) is 1. The molecule has 0 radical (unpaired) electrons. The van der Waals surface area contributed by atoms with Crippen molar-refractivity contribution >= 4 is 6.29 Å². The summed E-state index contributed by atoms with van der Waals surface area (Å²) in [4.78, 5) is 11.1. The molecule has 23 heavy (non-hydrogen) atoms. The van der Waals surface area contributed by atoms with Crippen molar-refractivity contribution in [3.05, 3.63) is 47.4 Å². The van der Waals surface area contributed by atoms with Crippen LogP contribution in [0.4, 0.5) is 0 Å². The van der Waals surface area contributed by atoms with E-state index in [0.717, 1.165) is 24.8 Å². The second-order valence-electron chi connectivity index (χ2n) is 5.31. The van der Waals surface area contributed by atoms with Gasteiger partial charge in [0.05, 0.1) is 12.7 Å². The van der Waals surface area contributed by atoms with Gasteiger partial charge >= 0.3 is 0 Å². The van der Waals surface area contributed by atoms with Crippen LogP contribution in [0.1, 0.15) is 59.3 Å². The Hall–Kier alpha value is -1.77. The number of hydrogen-bond donors (Lipinski definition) is 1. The molecule has 0 atom stereocenters. The van der Waals surface area contributed by atoms with Crippen LogP contribution in [-0.4, -0.2) is 19.9 Å². The lowest BCUT2D eigenvalue weighted by molar-refractivity contribution is -0.105. The van der Waals surface area contributed by atoms with Crippen molar-refractivity contribution in [3.63, 3.8) is 0 Å². The first-order valence-electron chi connectivity index (χ1n) is 8.72. The van der Waals surface area contributed by atoms with Gasteiger partial charge in [0.1, 0.15) is 5.76 Å². The third-order valence-electron chi connectivity index (χ3n) is 3.56. The van der Waals surface area contributed by atoms with Gasteiger partial charge in [0, 0.05) is 12.2 Å². The van der Waals surface area contributed by atoms with Crippen molar-refractivity contribution in [3.8, 4) is 0 Å². The summed E-state index contributed by atoms with van der Waals surface area (Å²) in [5, 5.41) is 3.18. The predicted octanol–water partition coefficient (Wildman–Crippen LogP) is 5.07. The molecule has 0 saturated carbocycles. The minimum absolute atomic E-state index is 0.440. The van der Waals surface area contributed by atoms with Gasteiger partial charge in [-0.1, -0.05) is 58.3 Å². The quantitative estimate of drug-likeness (QED) is 0.526. The fourth-order valence-corrected chi connectivity index (χ4v) is 2.33. The van der Waals surface area contributed by atoms with Crippen LogP contribution < -0.4 is 5.32 Å². The van der Waals surface area contributed by atoms with E-state index >= 15 is 0 Å². The van der Waals surface area contributed by atoms with E-state index in [9.17, 15) is 4.79 Å². The molecule has 0 aromatic rings. The van der Waals surface area contributed by atoms with Crippen molar-refractivity contribution in [1.29, 1.82) is 0 Å². The molecule has 0 fully saturated rings. The van der Waals surface area contributed by atoms with Crippen LogP contribution in [0.15, 0.2) is 47.4 Å². The van der Waals surface area contributed by atoms with Gasteiger partial charge in [0.15, 0.2) is 6.29 Å². The fraction of sp³-hybridized carbons (Fsp3) is 0.550. The largest absolute Gasteiger partial charge is 0.496 e. The molecule has 0 saturated heterocycles. The number of aldehydes is 1. The smallest absolute Gasteiger partial charge is 0.151 e. The molecule has 130 valence electrons. The monoisotopic (exact) mass is 319 g/mol. The van der Waals surface area contributed by atoms with Gasteiger partial charge in [-0.2, -0.15) is 0 Å². The molecule has 1 rings (SSSR count). The van der Waals surface area contributed by atoms with Crippen LogP contribution >= 0.6 is 0 Å². The SMILES string of the molecule is C=C1/C=C(/CCCCCC)C/C=C\C(OC)=C(\C=O)CN1.CC. The van der Waals surface area contributed by atoms with Crippen molar-refractivity contribution in [1.82, 2.24) is 5.32 Å². The van der Waals surface area contributed by atoms with Crippen molar-refractivity contribution in [2.45, 2.75) is 59.3 Å². The standard InChI is InChI=1S/C18H27NO2.C2H6/c1-4-5-6-7-9-16-10-8-11-18(21-3)17(14-20)13-19-15(2)12-16;1-2/h8,11-12,14,19H,2,4-7,9-10,13H2,1,3H3;1-2H3/b11-8-,16-12-,18-17-;. The third kappa shape index (κ3) is 9.07. The Labute approximate surface area is 142 Å². The summed E-state index contributed by atoms with van der Waals surface area (Å²) in [5.41, 5.74) is 2.82. The predicted molar refractivity (Wildman–Crippen MR) is 99.2 cm³/mol. The van der Waals surface area contributed by atoms with Crippen LogP contribution in [0.25, 0.3) is 0 Å². The summed E-state index contributed by atoms with van der Waals surface area (Å²) < 4.78 is 5.28. The van der Waals surface area contributed by atoms with Crippen LogP contribution in [-0.2, 0) is 9.53 Å². The molecule has 0 aromatic heterocycles. The average molecular weight is 319 g/mol. The highest BCUT2D eigenvalue weighted by molar-refractivity contribution is 5.75. The molecule has 0 spiro atoms. The van der Waals surface area contributed by atoms with Crippen LogP contribution in [0.3, 0.4) is 0 Å². The van der Waals surface area contributed by atoms with E-state index in [0.29, 0.717) is 17.9 Å². The highest BCUT2D eigenvalue weighted by Gasteiger charge is 2.07. The normalized spacial score (nSPS) is 21.9. The maximum atomic E-state index is 11.1. The molecule has 3 nitrogen and oxygen atoms in total. The third-order valence-corrected chi connectivity index (χ3v) is 3.56. The Bertz CT molecular complexity index is 445. The molecule has 3 heteroatoms. The van der Waals surface area contributed by atoms with E-state index in [-0.39, 0.29) is 0 Å². The van der Waals surface area contributed by atoms with Crippen molar-refractivity contribution in [2.75, 3.05) is 13.7 Å². The molecule has 0 aliphatic carbocycles. The number of carbonyl (C=O) groups excluding carboxylic acids is 1. The first-order chi connectivity index (χ1) is 11.2. The first-order valence-corrected chi connectivity index (χ1v) is 8.72. The lowest BCUT2D eigenvalue weighted by atomic mass is 10.0. The van der Waals surface area contributed by atoms with Crippen molar-refractivity contribution in [2.24, 2.45) is 0 Å². The van der Waals surface area contributed by atoms with E-state index in [4.69, 9.17) is 4.74 Å². The lowest BCUT2D eigenvalue weighted by Gasteiger charge is -2.13.